The second-order valence-electron chi connectivity index (χ2n) is 8.15. The monoisotopic (exact) mass is 427 g/mol. The average Bonchev–Trinajstić information content (AvgIpc) is 2.77. The highest BCUT2D eigenvalue weighted by Gasteiger charge is 2.19. The van der Waals surface area contributed by atoms with Gasteiger partial charge in [0.2, 0.25) is 0 Å². The van der Waals surface area contributed by atoms with Crippen molar-refractivity contribution in [2.45, 2.75) is 45.7 Å². The van der Waals surface area contributed by atoms with E-state index in [4.69, 9.17) is 11.6 Å². The molecule has 2 aromatic carbocycles. The van der Waals surface area contributed by atoms with Gasteiger partial charge < -0.3 is 15.5 Å². The lowest BCUT2D eigenvalue weighted by molar-refractivity contribution is 0.0724. The molecule has 2 N–H and O–H groups in total. The topological polar surface area (TPSA) is 61.4 Å². The van der Waals surface area contributed by atoms with Crippen molar-refractivity contribution in [3.05, 3.63) is 70.2 Å². The number of piperidine rings is 1. The van der Waals surface area contributed by atoms with Gasteiger partial charge in [0, 0.05) is 30.2 Å². The van der Waals surface area contributed by atoms with E-state index in [1.807, 2.05) is 53.4 Å². The van der Waals surface area contributed by atoms with Crippen LogP contribution in [-0.4, -0.2) is 29.9 Å². The summed E-state index contributed by atoms with van der Waals surface area (Å²) in [5, 5.41) is 6.62. The molecule has 3 amide bonds. The lowest BCUT2D eigenvalue weighted by atomic mass is 9.96. The smallest absolute Gasteiger partial charge is 0.315 e. The molecule has 3 rings (SSSR count). The number of carbonyl (C=O) groups is 2. The molecule has 1 unspecified atom stereocenters. The van der Waals surface area contributed by atoms with Gasteiger partial charge in [-0.05, 0) is 60.6 Å². The van der Waals surface area contributed by atoms with Crippen LogP contribution >= 0.6 is 11.6 Å². The van der Waals surface area contributed by atoms with Crippen molar-refractivity contribution >= 4 is 23.5 Å². The Morgan fingerprint density at radius 1 is 0.967 bits per heavy atom. The van der Waals surface area contributed by atoms with Crippen molar-refractivity contribution in [1.29, 1.82) is 0 Å². The number of nitrogens with zero attached hydrogens (tertiary/aromatic N) is 1. The molecule has 0 aliphatic carbocycles. The lowest BCUT2D eigenvalue weighted by Crippen LogP contribution is -2.39. The lowest BCUT2D eigenvalue weighted by Gasteiger charge is -2.26. The van der Waals surface area contributed by atoms with E-state index in [-0.39, 0.29) is 23.9 Å². The Hall–Kier alpha value is -2.53. The summed E-state index contributed by atoms with van der Waals surface area (Å²) >= 11 is 5.97. The number of amides is 3. The van der Waals surface area contributed by atoms with E-state index in [2.05, 4.69) is 24.5 Å². The molecule has 1 aliphatic heterocycles. The van der Waals surface area contributed by atoms with Crippen molar-refractivity contribution in [3.8, 4) is 0 Å². The SMILES string of the molecule is CC(C)C(NC(=O)NCc1ccc(C(=O)N2CCCCC2)cc1)c1ccc(Cl)cc1. The summed E-state index contributed by atoms with van der Waals surface area (Å²) in [5.74, 6) is 0.326. The number of rotatable bonds is 6. The van der Waals surface area contributed by atoms with Gasteiger partial charge in [0.25, 0.3) is 5.91 Å². The Labute approximate surface area is 183 Å². The van der Waals surface area contributed by atoms with Crippen molar-refractivity contribution in [3.63, 3.8) is 0 Å². The van der Waals surface area contributed by atoms with Gasteiger partial charge in [-0.3, -0.25) is 4.79 Å². The summed E-state index contributed by atoms with van der Waals surface area (Å²) in [6.07, 6.45) is 3.36. The fourth-order valence-electron chi connectivity index (χ4n) is 3.72. The Bertz CT molecular complexity index is 844. The quantitative estimate of drug-likeness (QED) is 0.668. The molecule has 0 radical (unpaired) electrons. The zero-order valence-corrected chi connectivity index (χ0v) is 18.4. The van der Waals surface area contributed by atoms with Crippen LogP contribution in [0.15, 0.2) is 48.5 Å². The Morgan fingerprint density at radius 2 is 1.60 bits per heavy atom. The molecule has 0 saturated carbocycles. The second-order valence-corrected chi connectivity index (χ2v) is 8.59. The minimum Gasteiger partial charge on any atom is -0.339 e. The minimum absolute atomic E-state index is 0.0923. The van der Waals surface area contributed by atoms with Crippen LogP contribution in [0, 0.1) is 5.92 Å². The fourth-order valence-corrected chi connectivity index (χ4v) is 3.85. The van der Waals surface area contributed by atoms with Gasteiger partial charge in [-0.25, -0.2) is 4.79 Å². The molecule has 1 atom stereocenters. The van der Waals surface area contributed by atoms with Crippen LogP contribution in [0.5, 0.6) is 0 Å². The van der Waals surface area contributed by atoms with Crippen molar-refractivity contribution in [1.82, 2.24) is 15.5 Å². The Kier molecular flexibility index (Phi) is 7.75. The maximum Gasteiger partial charge on any atom is 0.315 e. The highest BCUT2D eigenvalue weighted by Crippen LogP contribution is 2.23. The zero-order chi connectivity index (χ0) is 21.5. The number of hydrogen-bond acceptors (Lipinski definition) is 2. The summed E-state index contributed by atoms with van der Waals surface area (Å²) < 4.78 is 0. The molecular weight excluding hydrogens is 398 g/mol. The van der Waals surface area contributed by atoms with Crippen LogP contribution in [0.3, 0.4) is 0 Å². The number of carbonyl (C=O) groups excluding carboxylic acids is 2. The first kappa shape index (κ1) is 22.2. The molecule has 1 aliphatic rings. The van der Waals surface area contributed by atoms with Crippen molar-refractivity contribution in [2.24, 2.45) is 5.92 Å². The summed E-state index contributed by atoms with van der Waals surface area (Å²) in [7, 11) is 0. The largest absolute Gasteiger partial charge is 0.339 e. The molecule has 1 heterocycles. The van der Waals surface area contributed by atoms with Gasteiger partial charge in [0.15, 0.2) is 0 Å². The van der Waals surface area contributed by atoms with Crippen LogP contribution in [0.4, 0.5) is 4.79 Å². The zero-order valence-electron chi connectivity index (χ0n) is 17.7. The first-order valence-corrected chi connectivity index (χ1v) is 11.0. The molecule has 5 nitrogen and oxygen atoms in total. The molecule has 0 bridgehead atoms. The first-order valence-electron chi connectivity index (χ1n) is 10.6. The van der Waals surface area contributed by atoms with Crippen LogP contribution in [0.1, 0.15) is 60.6 Å². The number of hydrogen-bond donors (Lipinski definition) is 2. The molecule has 2 aromatic rings. The van der Waals surface area contributed by atoms with E-state index in [0.717, 1.165) is 37.1 Å². The highest BCUT2D eigenvalue weighted by atomic mass is 35.5. The van der Waals surface area contributed by atoms with Crippen LogP contribution in [0.2, 0.25) is 5.02 Å². The predicted octanol–water partition coefficient (Wildman–Crippen LogP) is 5.16. The minimum atomic E-state index is -0.225. The number of halogens is 1. The summed E-state index contributed by atoms with van der Waals surface area (Å²) in [5.41, 5.74) is 2.67. The maximum atomic E-state index is 12.6. The summed E-state index contributed by atoms with van der Waals surface area (Å²) in [6, 6.07) is 14.7. The van der Waals surface area contributed by atoms with Gasteiger partial charge in [0.1, 0.15) is 0 Å². The van der Waals surface area contributed by atoms with Gasteiger partial charge in [-0.2, -0.15) is 0 Å². The Balaban J connectivity index is 1.53. The van der Waals surface area contributed by atoms with Gasteiger partial charge in [-0.15, -0.1) is 0 Å². The third-order valence-electron chi connectivity index (χ3n) is 5.48. The maximum absolute atomic E-state index is 12.6. The molecule has 30 heavy (non-hydrogen) atoms. The summed E-state index contributed by atoms with van der Waals surface area (Å²) in [4.78, 5) is 26.9. The fraction of sp³-hybridized carbons (Fsp3) is 0.417. The van der Waals surface area contributed by atoms with Gasteiger partial charge in [0.05, 0.1) is 6.04 Å². The highest BCUT2D eigenvalue weighted by molar-refractivity contribution is 6.30. The number of benzene rings is 2. The molecule has 6 heteroatoms. The van der Waals surface area contributed by atoms with Gasteiger partial charge in [-0.1, -0.05) is 49.7 Å². The molecule has 1 fully saturated rings. The molecule has 160 valence electrons. The van der Waals surface area contributed by atoms with E-state index in [0.29, 0.717) is 17.1 Å². The van der Waals surface area contributed by atoms with E-state index in [9.17, 15) is 9.59 Å². The molecule has 0 spiro atoms. The summed E-state index contributed by atoms with van der Waals surface area (Å²) in [6.45, 7) is 6.21. The van der Waals surface area contributed by atoms with E-state index >= 15 is 0 Å². The van der Waals surface area contributed by atoms with E-state index < -0.39 is 0 Å². The van der Waals surface area contributed by atoms with E-state index in [1.54, 1.807) is 0 Å². The molecule has 0 aromatic heterocycles. The predicted molar refractivity (Wildman–Crippen MR) is 121 cm³/mol. The van der Waals surface area contributed by atoms with Crippen LogP contribution in [0.25, 0.3) is 0 Å². The van der Waals surface area contributed by atoms with Crippen molar-refractivity contribution in [2.75, 3.05) is 13.1 Å². The van der Waals surface area contributed by atoms with Crippen LogP contribution < -0.4 is 10.6 Å². The standard InChI is InChI=1S/C24H30ClN3O2/c1-17(2)22(19-10-12-21(25)13-11-19)27-24(30)26-16-18-6-8-20(9-7-18)23(29)28-14-4-3-5-15-28/h6-13,17,22H,3-5,14-16H2,1-2H3,(H2,26,27,30). The number of urea groups is 1. The third kappa shape index (κ3) is 5.99. The third-order valence-corrected chi connectivity index (χ3v) is 5.73. The molecule has 1 saturated heterocycles. The van der Waals surface area contributed by atoms with Crippen LogP contribution in [-0.2, 0) is 6.54 Å². The molecular formula is C24H30ClN3O2. The average molecular weight is 428 g/mol. The first-order chi connectivity index (χ1) is 14.4. The Morgan fingerprint density at radius 3 is 2.20 bits per heavy atom. The number of nitrogens with one attached hydrogen (secondary N) is 2. The van der Waals surface area contributed by atoms with E-state index in [1.165, 1.54) is 6.42 Å². The second kappa shape index (κ2) is 10.5. The van der Waals surface area contributed by atoms with Crippen molar-refractivity contribution < 1.29 is 9.59 Å². The normalized spacial score (nSPS) is 15.0. The number of likely N-dealkylation sites (tertiary alicyclic amines) is 1. The van der Waals surface area contributed by atoms with Gasteiger partial charge >= 0.3 is 6.03 Å².